The van der Waals surface area contributed by atoms with Crippen molar-refractivity contribution in [2.24, 2.45) is 11.5 Å². The van der Waals surface area contributed by atoms with E-state index in [0.717, 1.165) is 0 Å². The molecule has 2 aromatic rings. The number of carbonyl (C=O) groups is 5. The summed E-state index contributed by atoms with van der Waals surface area (Å²) in [5, 5.41) is 36.3. The number of nitrogens with one attached hydrogen (secondary N) is 3. The Kier molecular flexibility index (Phi) is 12.0. The minimum absolute atomic E-state index is 0.0380. The predicted molar refractivity (Wildman–Crippen MR) is 143 cm³/mol. The first kappa shape index (κ1) is 31.7. The van der Waals surface area contributed by atoms with Crippen LogP contribution in [-0.2, 0) is 36.8 Å². The van der Waals surface area contributed by atoms with Gasteiger partial charge < -0.3 is 42.7 Å². The van der Waals surface area contributed by atoms with Gasteiger partial charge in [-0.05, 0) is 43.0 Å². The lowest BCUT2D eigenvalue weighted by Crippen LogP contribution is -2.60. The average Bonchev–Trinajstić information content (AvgIpc) is 2.90. The number of phenols is 1. The highest BCUT2D eigenvalue weighted by molar-refractivity contribution is 5.94. The molecule has 5 unspecified atom stereocenters. The minimum Gasteiger partial charge on any atom is -0.508 e. The fourth-order valence-corrected chi connectivity index (χ4v) is 3.78. The van der Waals surface area contributed by atoms with E-state index < -0.39 is 59.9 Å². The second-order valence-corrected chi connectivity index (χ2v) is 9.36. The van der Waals surface area contributed by atoms with Gasteiger partial charge in [0.25, 0.3) is 0 Å². The van der Waals surface area contributed by atoms with Crippen LogP contribution in [0.15, 0.2) is 54.6 Å². The van der Waals surface area contributed by atoms with Crippen LogP contribution in [-0.4, -0.2) is 75.2 Å². The van der Waals surface area contributed by atoms with E-state index >= 15 is 0 Å². The molecule has 0 aromatic heterocycles. The van der Waals surface area contributed by atoms with Crippen molar-refractivity contribution in [1.82, 2.24) is 16.0 Å². The Morgan fingerprint density at radius 3 is 1.93 bits per heavy atom. The summed E-state index contributed by atoms with van der Waals surface area (Å²) < 4.78 is 0. The number of aliphatic hydroxyl groups excluding tert-OH is 1. The van der Waals surface area contributed by atoms with E-state index in [1.54, 1.807) is 42.5 Å². The third-order valence-corrected chi connectivity index (χ3v) is 6.00. The number of aliphatic hydroxyl groups is 1. The minimum atomic E-state index is -1.53. The van der Waals surface area contributed by atoms with E-state index in [4.69, 9.17) is 11.5 Å². The van der Waals surface area contributed by atoms with Crippen LogP contribution >= 0.6 is 0 Å². The van der Waals surface area contributed by atoms with Crippen LogP contribution < -0.4 is 27.4 Å². The molecule has 2 rings (SSSR count). The number of amides is 4. The quantitative estimate of drug-likeness (QED) is 0.130. The number of hydrogen-bond donors (Lipinski definition) is 8. The molecule has 0 saturated carbocycles. The molecule has 13 heteroatoms. The Morgan fingerprint density at radius 1 is 0.800 bits per heavy atom. The molecule has 10 N–H and O–H groups in total. The maximum absolute atomic E-state index is 13.0. The number of carboxylic acids is 1. The Morgan fingerprint density at radius 2 is 1.38 bits per heavy atom. The van der Waals surface area contributed by atoms with Crippen molar-refractivity contribution in [3.05, 3.63) is 65.7 Å². The number of nitrogens with two attached hydrogens (primary N) is 2. The van der Waals surface area contributed by atoms with Crippen LogP contribution in [0.3, 0.4) is 0 Å². The van der Waals surface area contributed by atoms with Crippen LogP contribution in [0.25, 0.3) is 0 Å². The van der Waals surface area contributed by atoms with Gasteiger partial charge in [-0.1, -0.05) is 42.5 Å². The van der Waals surface area contributed by atoms with E-state index in [1.807, 2.05) is 0 Å². The number of phenolic OH excluding ortho intramolecular Hbond substituents is 1. The zero-order valence-corrected chi connectivity index (χ0v) is 21.9. The fourth-order valence-electron chi connectivity index (χ4n) is 3.78. The van der Waals surface area contributed by atoms with Gasteiger partial charge in [-0.2, -0.15) is 0 Å². The Labute approximate surface area is 230 Å². The summed E-state index contributed by atoms with van der Waals surface area (Å²) in [4.78, 5) is 61.9. The van der Waals surface area contributed by atoms with Crippen LogP contribution in [0.1, 0.15) is 30.9 Å². The lowest BCUT2D eigenvalue weighted by Gasteiger charge is -2.26. The number of primary amides is 1. The first-order valence-corrected chi connectivity index (χ1v) is 12.5. The number of hydrogen-bond acceptors (Lipinski definition) is 8. The molecular formula is C27H35N5O8. The summed E-state index contributed by atoms with van der Waals surface area (Å²) in [5.41, 5.74) is 12.4. The molecule has 0 spiro atoms. The van der Waals surface area contributed by atoms with Crippen LogP contribution in [0.5, 0.6) is 5.75 Å². The van der Waals surface area contributed by atoms with E-state index in [-0.39, 0.29) is 31.4 Å². The summed E-state index contributed by atoms with van der Waals surface area (Å²) in [6.07, 6.45) is -1.94. The summed E-state index contributed by atoms with van der Waals surface area (Å²) in [6, 6.07) is 9.20. The van der Waals surface area contributed by atoms with Gasteiger partial charge in [0.1, 0.15) is 23.9 Å². The number of carboxylic acid groups (broad SMARTS) is 1. The third-order valence-electron chi connectivity index (χ3n) is 6.00. The SMILES string of the molecule is CC(O)C(NC(=O)C(N)Cc1ccc(O)cc1)C(=O)NC(CCC(N)=O)C(=O)NC(Cc1ccccc1)C(=O)O. The van der Waals surface area contributed by atoms with Gasteiger partial charge in [0, 0.05) is 12.8 Å². The van der Waals surface area contributed by atoms with Gasteiger partial charge in [-0.15, -0.1) is 0 Å². The average molecular weight is 558 g/mol. The fraction of sp³-hybridized carbons (Fsp3) is 0.370. The molecule has 0 aliphatic carbocycles. The molecule has 0 aliphatic rings. The van der Waals surface area contributed by atoms with Crippen LogP contribution in [0.4, 0.5) is 0 Å². The second-order valence-electron chi connectivity index (χ2n) is 9.36. The lowest BCUT2D eigenvalue weighted by molar-refractivity contribution is -0.142. The maximum atomic E-state index is 13.0. The second kappa shape index (κ2) is 15.2. The van der Waals surface area contributed by atoms with Gasteiger partial charge in [-0.25, -0.2) is 4.79 Å². The molecule has 13 nitrogen and oxygen atoms in total. The highest BCUT2D eigenvalue weighted by atomic mass is 16.4. The highest BCUT2D eigenvalue weighted by Crippen LogP contribution is 2.11. The van der Waals surface area contributed by atoms with Crippen LogP contribution in [0, 0.1) is 0 Å². The van der Waals surface area contributed by atoms with Crippen molar-refractivity contribution in [3.8, 4) is 5.75 Å². The largest absolute Gasteiger partial charge is 0.508 e. The molecule has 0 saturated heterocycles. The molecule has 0 heterocycles. The number of benzene rings is 2. The van der Waals surface area contributed by atoms with Crippen molar-refractivity contribution < 1.29 is 39.3 Å². The number of rotatable bonds is 15. The monoisotopic (exact) mass is 557 g/mol. The number of aliphatic carboxylic acids is 1. The summed E-state index contributed by atoms with van der Waals surface area (Å²) >= 11 is 0. The van der Waals surface area contributed by atoms with Crippen LogP contribution in [0.2, 0.25) is 0 Å². The molecule has 0 radical (unpaired) electrons. The van der Waals surface area contributed by atoms with Crippen molar-refractivity contribution >= 4 is 29.6 Å². The summed E-state index contributed by atoms with van der Waals surface area (Å²) in [6.45, 7) is 1.24. The molecule has 216 valence electrons. The molecular weight excluding hydrogens is 522 g/mol. The first-order valence-electron chi connectivity index (χ1n) is 12.5. The Bertz CT molecular complexity index is 1170. The topological polar surface area (TPSA) is 234 Å². The Balaban J connectivity index is 2.12. The standard InChI is InChI=1S/C27H35N5O8/c1-15(33)23(32-24(36)19(28)13-17-7-9-18(34)10-8-17)26(38)30-20(11-12-22(29)35)25(37)31-21(27(39)40)14-16-5-3-2-4-6-16/h2-10,15,19-21,23,33-34H,11-14,28H2,1H3,(H2,29,35)(H,30,38)(H,31,37)(H,32,36)(H,39,40). The van der Waals surface area contributed by atoms with E-state index in [9.17, 15) is 39.3 Å². The molecule has 0 aliphatic heterocycles. The smallest absolute Gasteiger partial charge is 0.326 e. The summed E-state index contributed by atoms with van der Waals surface area (Å²) in [5.74, 6) is -4.64. The molecule has 0 bridgehead atoms. The molecule has 0 fully saturated rings. The zero-order chi connectivity index (χ0) is 29.8. The molecule has 40 heavy (non-hydrogen) atoms. The predicted octanol–water partition coefficient (Wildman–Crippen LogP) is -1.31. The number of carbonyl (C=O) groups excluding carboxylic acids is 4. The van der Waals surface area contributed by atoms with Crippen molar-refractivity contribution in [1.29, 1.82) is 0 Å². The van der Waals surface area contributed by atoms with Crippen molar-refractivity contribution in [2.45, 2.75) is 62.9 Å². The van der Waals surface area contributed by atoms with E-state index in [1.165, 1.54) is 19.1 Å². The van der Waals surface area contributed by atoms with Crippen molar-refractivity contribution in [3.63, 3.8) is 0 Å². The first-order chi connectivity index (χ1) is 18.9. The Hall–Kier alpha value is -4.49. The molecule has 5 atom stereocenters. The van der Waals surface area contributed by atoms with Crippen molar-refractivity contribution in [2.75, 3.05) is 0 Å². The zero-order valence-electron chi connectivity index (χ0n) is 21.9. The lowest BCUT2D eigenvalue weighted by atomic mass is 10.0. The third kappa shape index (κ3) is 10.3. The van der Waals surface area contributed by atoms with Gasteiger partial charge in [0.15, 0.2) is 0 Å². The van der Waals surface area contributed by atoms with Gasteiger partial charge in [0.2, 0.25) is 23.6 Å². The van der Waals surface area contributed by atoms with E-state index in [0.29, 0.717) is 11.1 Å². The van der Waals surface area contributed by atoms with Gasteiger partial charge in [-0.3, -0.25) is 19.2 Å². The summed E-state index contributed by atoms with van der Waals surface area (Å²) in [7, 11) is 0. The van der Waals surface area contributed by atoms with E-state index in [2.05, 4.69) is 16.0 Å². The highest BCUT2D eigenvalue weighted by Gasteiger charge is 2.32. The van der Waals surface area contributed by atoms with Gasteiger partial charge >= 0.3 is 5.97 Å². The number of aromatic hydroxyl groups is 1. The molecule has 2 aromatic carbocycles. The normalized spacial score (nSPS) is 14.6. The van der Waals surface area contributed by atoms with Gasteiger partial charge in [0.05, 0.1) is 12.1 Å². The maximum Gasteiger partial charge on any atom is 0.326 e. The molecule has 4 amide bonds.